The summed E-state index contributed by atoms with van der Waals surface area (Å²) in [6.45, 7) is 7.01. The molecule has 14 heavy (non-hydrogen) atoms. The maximum atomic E-state index is 11.2. The average Bonchev–Trinajstić information content (AvgIpc) is 2.19. The predicted molar refractivity (Wildman–Crippen MR) is 55.8 cm³/mol. The molecule has 74 valence electrons. The highest BCUT2D eigenvalue weighted by atomic mass is 16.5. The Bertz CT molecular complexity index is 327. The van der Waals surface area contributed by atoms with Crippen LogP contribution in [0.4, 0.5) is 0 Å². The standard InChI is InChI=1S/C12H14O2/c1-9(2)12(13)14-10(3)11-7-5-4-6-8-11/h4-8,10H,1H2,2-3H3/t10-/m0/s1. The Labute approximate surface area is 84.2 Å². The third-order valence-corrected chi connectivity index (χ3v) is 1.90. The quantitative estimate of drug-likeness (QED) is 0.541. The lowest BCUT2D eigenvalue weighted by Crippen LogP contribution is -2.08. The van der Waals surface area contributed by atoms with Crippen molar-refractivity contribution in [2.45, 2.75) is 20.0 Å². The average molecular weight is 190 g/mol. The number of hydrogen-bond acceptors (Lipinski definition) is 2. The Balaban J connectivity index is 2.64. The molecule has 0 aliphatic carbocycles. The van der Waals surface area contributed by atoms with Gasteiger partial charge in [-0.05, 0) is 19.4 Å². The molecular weight excluding hydrogens is 176 g/mol. The SMILES string of the molecule is C=C(C)C(=O)O[C@@H](C)c1ccccc1. The van der Waals surface area contributed by atoms with Crippen LogP contribution < -0.4 is 0 Å². The Kier molecular flexibility index (Phi) is 3.46. The molecular formula is C12H14O2. The number of rotatable bonds is 3. The van der Waals surface area contributed by atoms with Crippen LogP contribution in [0.5, 0.6) is 0 Å². The largest absolute Gasteiger partial charge is 0.454 e. The van der Waals surface area contributed by atoms with E-state index >= 15 is 0 Å². The molecule has 1 aromatic rings. The molecule has 2 nitrogen and oxygen atoms in total. The van der Waals surface area contributed by atoms with Gasteiger partial charge in [-0.25, -0.2) is 4.79 Å². The minimum Gasteiger partial charge on any atom is -0.454 e. The van der Waals surface area contributed by atoms with E-state index in [1.54, 1.807) is 6.92 Å². The highest BCUT2D eigenvalue weighted by Crippen LogP contribution is 2.16. The highest BCUT2D eigenvalue weighted by Gasteiger charge is 2.10. The molecule has 0 amide bonds. The van der Waals surface area contributed by atoms with Gasteiger partial charge < -0.3 is 4.74 Å². The van der Waals surface area contributed by atoms with Gasteiger partial charge in [0.1, 0.15) is 6.10 Å². The molecule has 0 aliphatic rings. The number of carbonyl (C=O) groups is 1. The molecule has 1 aromatic carbocycles. The van der Waals surface area contributed by atoms with Crippen LogP contribution in [0.1, 0.15) is 25.5 Å². The molecule has 0 spiro atoms. The van der Waals surface area contributed by atoms with Crippen LogP contribution in [-0.4, -0.2) is 5.97 Å². The molecule has 0 saturated carbocycles. The van der Waals surface area contributed by atoms with E-state index in [0.717, 1.165) is 5.56 Å². The normalized spacial score (nSPS) is 11.9. The van der Waals surface area contributed by atoms with Crippen molar-refractivity contribution in [3.05, 3.63) is 48.0 Å². The Morgan fingerprint density at radius 2 is 1.93 bits per heavy atom. The fraction of sp³-hybridized carbons (Fsp3) is 0.250. The zero-order valence-corrected chi connectivity index (χ0v) is 8.49. The van der Waals surface area contributed by atoms with Crippen LogP contribution in [0.2, 0.25) is 0 Å². The first-order valence-corrected chi connectivity index (χ1v) is 4.52. The molecule has 0 bridgehead atoms. The zero-order valence-electron chi connectivity index (χ0n) is 8.49. The van der Waals surface area contributed by atoms with E-state index in [-0.39, 0.29) is 12.1 Å². The minimum absolute atomic E-state index is 0.222. The third kappa shape index (κ3) is 2.73. The molecule has 0 heterocycles. The third-order valence-electron chi connectivity index (χ3n) is 1.90. The van der Waals surface area contributed by atoms with Crippen molar-refractivity contribution in [2.75, 3.05) is 0 Å². The van der Waals surface area contributed by atoms with Gasteiger partial charge in [-0.1, -0.05) is 36.9 Å². The molecule has 0 radical (unpaired) electrons. The molecule has 2 heteroatoms. The molecule has 0 aromatic heterocycles. The zero-order chi connectivity index (χ0) is 10.6. The van der Waals surface area contributed by atoms with Crippen LogP contribution in [0.3, 0.4) is 0 Å². The van der Waals surface area contributed by atoms with Gasteiger partial charge in [-0.2, -0.15) is 0 Å². The van der Waals surface area contributed by atoms with E-state index in [9.17, 15) is 4.79 Å². The summed E-state index contributed by atoms with van der Waals surface area (Å²) >= 11 is 0. The van der Waals surface area contributed by atoms with E-state index in [1.165, 1.54) is 0 Å². The summed E-state index contributed by atoms with van der Waals surface area (Å²) in [4.78, 5) is 11.2. The maximum absolute atomic E-state index is 11.2. The summed E-state index contributed by atoms with van der Waals surface area (Å²) < 4.78 is 5.16. The Morgan fingerprint density at radius 1 is 1.36 bits per heavy atom. The second-order valence-electron chi connectivity index (χ2n) is 3.24. The highest BCUT2D eigenvalue weighted by molar-refractivity contribution is 5.87. The van der Waals surface area contributed by atoms with Crippen molar-refractivity contribution in [3.8, 4) is 0 Å². The first kappa shape index (κ1) is 10.5. The lowest BCUT2D eigenvalue weighted by Gasteiger charge is -2.13. The van der Waals surface area contributed by atoms with Crippen LogP contribution in [-0.2, 0) is 9.53 Å². The van der Waals surface area contributed by atoms with Crippen molar-refractivity contribution >= 4 is 5.97 Å². The lowest BCUT2D eigenvalue weighted by atomic mass is 10.1. The van der Waals surface area contributed by atoms with Crippen LogP contribution in [0, 0.1) is 0 Å². The summed E-state index contributed by atoms with van der Waals surface area (Å²) in [6, 6.07) is 9.62. The van der Waals surface area contributed by atoms with E-state index in [4.69, 9.17) is 4.74 Å². The van der Waals surface area contributed by atoms with Gasteiger partial charge >= 0.3 is 5.97 Å². The lowest BCUT2D eigenvalue weighted by molar-refractivity contribution is -0.143. The van der Waals surface area contributed by atoms with Crippen LogP contribution in [0.25, 0.3) is 0 Å². The van der Waals surface area contributed by atoms with Gasteiger partial charge in [-0.15, -0.1) is 0 Å². The van der Waals surface area contributed by atoms with E-state index < -0.39 is 0 Å². The second kappa shape index (κ2) is 4.61. The van der Waals surface area contributed by atoms with Gasteiger partial charge in [0.05, 0.1) is 0 Å². The van der Waals surface area contributed by atoms with Crippen molar-refractivity contribution in [3.63, 3.8) is 0 Å². The smallest absolute Gasteiger partial charge is 0.333 e. The van der Waals surface area contributed by atoms with Crippen LogP contribution in [0.15, 0.2) is 42.5 Å². The fourth-order valence-corrected chi connectivity index (χ4v) is 1.05. The molecule has 1 rings (SSSR count). The van der Waals surface area contributed by atoms with Crippen molar-refractivity contribution < 1.29 is 9.53 Å². The summed E-state index contributed by atoms with van der Waals surface area (Å²) in [7, 11) is 0. The molecule has 0 unspecified atom stereocenters. The van der Waals surface area contributed by atoms with Crippen molar-refractivity contribution in [2.24, 2.45) is 0 Å². The number of hydrogen-bond donors (Lipinski definition) is 0. The van der Waals surface area contributed by atoms with Gasteiger partial charge in [-0.3, -0.25) is 0 Å². The maximum Gasteiger partial charge on any atom is 0.333 e. The number of esters is 1. The Hall–Kier alpha value is -1.57. The molecule has 0 aliphatic heterocycles. The van der Waals surface area contributed by atoms with Gasteiger partial charge in [0.25, 0.3) is 0 Å². The summed E-state index contributed by atoms with van der Waals surface area (Å²) in [5.74, 6) is -0.346. The molecule has 0 saturated heterocycles. The van der Waals surface area contributed by atoms with Gasteiger partial charge in [0, 0.05) is 5.57 Å². The second-order valence-corrected chi connectivity index (χ2v) is 3.24. The topological polar surface area (TPSA) is 26.3 Å². The van der Waals surface area contributed by atoms with Gasteiger partial charge in [0.2, 0.25) is 0 Å². The monoisotopic (exact) mass is 190 g/mol. The minimum atomic E-state index is -0.346. The van der Waals surface area contributed by atoms with Crippen molar-refractivity contribution in [1.82, 2.24) is 0 Å². The van der Waals surface area contributed by atoms with Crippen LogP contribution >= 0.6 is 0 Å². The van der Waals surface area contributed by atoms with Gasteiger partial charge in [0.15, 0.2) is 0 Å². The predicted octanol–water partition coefficient (Wildman–Crippen LogP) is 2.87. The molecule has 1 atom stereocenters. The molecule has 0 N–H and O–H groups in total. The van der Waals surface area contributed by atoms with E-state index in [2.05, 4.69) is 6.58 Å². The summed E-state index contributed by atoms with van der Waals surface area (Å²) in [6.07, 6.45) is -0.222. The van der Waals surface area contributed by atoms with Crippen molar-refractivity contribution in [1.29, 1.82) is 0 Å². The first-order chi connectivity index (χ1) is 6.61. The fourth-order valence-electron chi connectivity index (χ4n) is 1.05. The summed E-state index contributed by atoms with van der Waals surface area (Å²) in [5, 5.41) is 0. The number of benzene rings is 1. The first-order valence-electron chi connectivity index (χ1n) is 4.52. The number of carbonyl (C=O) groups excluding carboxylic acids is 1. The van der Waals surface area contributed by atoms with E-state index in [1.807, 2.05) is 37.3 Å². The molecule has 0 fully saturated rings. The summed E-state index contributed by atoms with van der Waals surface area (Å²) in [5.41, 5.74) is 1.41. The number of ether oxygens (including phenoxy) is 1. The Morgan fingerprint density at radius 3 is 2.43 bits per heavy atom. The van der Waals surface area contributed by atoms with E-state index in [0.29, 0.717) is 5.57 Å².